The van der Waals surface area contributed by atoms with Crippen molar-refractivity contribution in [2.24, 2.45) is 0 Å². The van der Waals surface area contributed by atoms with Crippen molar-refractivity contribution in [1.82, 2.24) is 0 Å². The van der Waals surface area contributed by atoms with E-state index in [4.69, 9.17) is 35.0 Å². The zero-order valence-electron chi connectivity index (χ0n) is 13.2. The average molecular weight is 331 g/mol. The molecule has 0 spiro atoms. The van der Waals surface area contributed by atoms with E-state index in [1.54, 1.807) is 6.26 Å². The van der Waals surface area contributed by atoms with Crippen LogP contribution in [0.15, 0.2) is 16.7 Å². The maximum absolute atomic E-state index is 6.07. The lowest BCUT2D eigenvalue weighted by atomic mass is 10.1. The monoisotopic (exact) mass is 330 g/mol. The van der Waals surface area contributed by atoms with Crippen LogP contribution in [0.2, 0.25) is 5.22 Å². The van der Waals surface area contributed by atoms with Crippen molar-refractivity contribution in [3.8, 4) is 0 Å². The zero-order chi connectivity index (χ0) is 15.7. The molecular formula is C16H23ClO5. The minimum absolute atomic E-state index is 0.0169. The standard InChI is InChI=1S/C16H23ClO5/c1-4-5-6-11-12(19-9-10-7-8-18-14(10)17)13-15(20-11)22-16(2,3)21-13/h7-8,11-13,15H,4-6,9H2,1-3H3/t11-,12+,13-,15-/m1/s1. The number of rotatable bonds is 6. The van der Waals surface area contributed by atoms with E-state index in [2.05, 4.69) is 6.92 Å². The van der Waals surface area contributed by atoms with Gasteiger partial charge in [-0.05, 0) is 37.9 Å². The lowest BCUT2D eigenvalue weighted by Crippen LogP contribution is -2.36. The average Bonchev–Trinajstić information content (AvgIpc) is 3.07. The van der Waals surface area contributed by atoms with Crippen LogP contribution in [0.1, 0.15) is 45.6 Å². The summed E-state index contributed by atoms with van der Waals surface area (Å²) in [5, 5.41) is 0.365. The van der Waals surface area contributed by atoms with Gasteiger partial charge >= 0.3 is 0 Å². The molecule has 0 bridgehead atoms. The van der Waals surface area contributed by atoms with E-state index in [9.17, 15) is 0 Å². The Labute approximate surface area is 135 Å². The van der Waals surface area contributed by atoms with Gasteiger partial charge in [0.2, 0.25) is 0 Å². The van der Waals surface area contributed by atoms with Crippen LogP contribution in [-0.4, -0.2) is 30.4 Å². The van der Waals surface area contributed by atoms with Gasteiger partial charge in [0.25, 0.3) is 0 Å². The van der Waals surface area contributed by atoms with Crippen LogP contribution in [0.25, 0.3) is 0 Å². The lowest BCUT2D eigenvalue weighted by Gasteiger charge is -2.25. The summed E-state index contributed by atoms with van der Waals surface area (Å²) in [5.74, 6) is -0.639. The Hall–Kier alpha value is -0.590. The molecule has 0 radical (unpaired) electrons. The number of furan rings is 1. The van der Waals surface area contributed by atoms with Gasteiger partial charge in [-0.2, -0.15) is 0 Å². The molecule has 0 aliphatic carbocycles. The molecule has 22 heavy (non-hydrogen) atoms. The molecule has 6 heteroatoms. The molecule has 0 saturated carbocycles. The molecule has 5 nitrogen and oxygen atoms in total. The van der Waals surface area contributed by atoms with Gasteiger partial charge in [0, 0.05) is 5.56 Å². The van der Waals surface area contributed by atoms with Crippen molar-refractivity contribution < 1.29 is 23.4 Å². The second-order valence-electron chi connectivity index (χ2n) is 6.28. The highest BCUT2D eigenvalue weighted by Crippen LogP contribution is 2.40. The second kappa shape index (κ2) is 6.49. The van der Waals surface area contributed by atoms with Crippen molar-refractivity contribution >= 4 is 11.6 Å². The molecule has 2 saturated heterocycles. The Morgan fingerprint density at radius 2 is 2.14 bits per heavy atom. The van der Waals surface area contributed by atoms with Crippen LogP contribution in [0.3, 0.4) is 0 Å². The molecule has 0 aromatic carbocycles. The van der Waals surface area contributed by atoms with Gasteiger partial charge in [-0.15, -0.1) is 0 Å². The first kappa shape index (κ1) is 16.3. The molecule has 124 valence electrons. The SMILES string of the molecule is CCCC[C@H]1O[C@@H]2OC(C)(C)O[C@@H]2[C@H]1OCc1ccoc1Cl. The van der Waals surface area contributed by atoms with Crippen LogP contribution in [0.5, 0.6) is 0 Å². The van der Waals surface area contributed by atoms with Gasteiger partial charge in [-0.25, -0.2) is 0 Å². The van der Waals surface area contributed by atoms with Crippen molar-refractivity contribution in [1.29, 1.82) is 0 Å². The topological polar surface area (TPSA) is 50.1 Å². The van der Waals surface area contributed by atoms with Gasteiger partial charge in [0.1, 0.15) is 12.2 Å². The van der Waals surface area contributed by atoms with Crippen molar-refractivity contribution in [3.63, 3.8) is 0 Å². The van der Waals surface area contributed by atoms with E-state index in [1.165, 1.54) is 0 Å². The summed E-state index contributed by atoms with van der Waals surface area (Å²) in [4.78, 5) is 0. The van der Waals surface area contributed by atoms with Gasteiger partial charge < -0.3 is 23.4 Å². The van der Waals surface area contributed by atoms with Crippen molar-refractivity contribution in [2.75, 3.05) is 0 Å². The zero-order valence-corrected chi connectivity index (χ0v) is 14.0. The molecule has 0 amide bonds. The van der Waals surface area contributed by atoms with Crippen LogP contribution in [0.4, 0.5) is 0 Å². The van der Waals surface area contributed by atoms with E-state index in [0.717, 1.165) is 24.8 Å². The van der Waals surface area contributed by atoms with Gasteiger partial charge in [-0.3, -0.25) is 0 Å². The summed E-state index contributed by atoms with van der Waals surface area (Å²) in [6, 6.07) is 1.81. The molecule has 2 fully saturated rings. The molecule has 2 aliphatic heterocycles. The highest BCUT2D eigenvalue weighted by Gasteiger charge is 2.55. The lowest BCUT2D eigenvalue weighted by molar-refractivity contribution is -0.219. The van der Waals surface area contributed by atoms with Gasteiger partial charge in [0.15, 0.2) is 17.3 Å². The van der Waals surface area contributed by atoms with Crippen LogP contribution < -0.4 is 0 Å². The highest BCUT2D eigenvalue weighted by atomic mass is 35.5. The predicted molar refractivity (Wildman–Crippen MR) is 80.5 cm³/mol. The van der Waals surface area contributed by atoms with E-state index in [1.807, 2.05) is 19.9 Å². The molecule has 2 aliphatic rings. The maximum Gasteiger partial charge on any atom is 0.198 e. The molecule has 0 N–H and O–H groups in total. The quantitative estimate of drug-likeness (QED) is 0.792. The van der Waals surface area contributed by atoms with Crippen LogP contribution in [-0.2, 0) is 25.6 Å². The Morgan fingerprint density at radius 3 is 2.82 bits per heavy atom. The Bertz CT molecular complexity index is 500. The third-order valence-electron chi connectivity index (χ3n) is 4.05. The third kappa shape index (κ3) is 3.34. The molecular weight excluding hydrogens is 308 g/mol. The number of unbranched alkanes of at least 4 members (excludes halogenated alkanes) is 1. The van der Waals surface area contributed by atoms with Gasteiger partial charge in [-0.1, -0.05) is 19.8 Å². The number of hydrogen-bond acceptors (Lipinski definition) is 5. The van der Waals surface area contributed by atoms with Crippen molar-refractivity contribution in [3.05, 3.63) is 23.1 Å². The first-order valence-corrected chi connectivity index (χ1v) is 8.22. The number of fused-ring (bicyclic) bond motifs is 1. The Balaban J connectivity index is 1.67. The van der Waals surface area contributed by atoms with Crippen LogP contribution in [0, 0.1) is 0 Å². The summed E-state index contributed by atoms with van der Waals surface area (Å²) in [6.07, 6.45) is 3.94. The van der Waals surface area contributed by atoms with E-state index >= 15 is 0 Å². The highest BCUT2D eigenvalue weighted by molar-refractivity contribution is 6.29. The summed E-state index contributed by atoms with van der Waals surface area (Å²) in [5.41, 5.74) is 0.831. The fraction of sp³-hybridized carbons (Fsp3) is 0.750. The van der Waals surface area contributed by atoms with Crippen molar-refractivity contribution in [2.45, 2.75) is 77.0 Å². The van der Waals surface area contributed by atoms with E-state index in [0.29, 0.717) is 11.8 Å². The summed E-state index contributed by atoms with van der Waals surface area (Å²) in [6.45, 7) is 6.31. The fourth-order valence-corrected chi connectivity index (χ4v) is 3.16. The molecule has 3 rings (SSSR count). The molecule has 1 aromatic heterocycles. The Morgan fingerprint density at radius 1 is 1.32 bits per heavy atom. The molecule has 0 unspecified atom stereocenters. The fourth-order valence-electron chi connectivity index (χ4n) is 2.99. The van der Waals surface area contributed by atoms with E-state index in [-0.39, 0.29) is 24.6 Å². The first-order chi connectivity index (χ1) is 10.5. The van der Waals surface area contributed by atoms with E-state index < -0.39 is 5.79 Å². The maximum atomic E-state index is 6.07. The largest absolute Gasteiger partial charge is 0.453 e. The summed E-state index contributed by atoms with van der Waals surface area (Å²) < 4.78 is 28.9. The van der Waals surface area contributed by atoms with Gasteiger partial charge in [0.05, 0.1) is 19.0 Å². The van der Waals surface area contributed by atoms with Crippen LogP contribution >= 0.6 is 11.6 Å². The Kier molecular flexibility index (Phi) is 4.80. The molecule has 3 heterocycles. The summed E-state index contributed by atoms with van der Waals surface area (Å²) in [7, 11) is 0. The number of ether oxygens (including phenoxy) is 4. The second-order valence-corrected chi connectivity index (χ2v) is 6.62. The minimum Gasteiger partial charge on any atom is -0.453 e. The normalized spacial score (nSPS) is 33.3. The minimum atomic E-state index is -0.639. The number of hydrogen-bond donors (Lipinski definition) is 0. The summed E-state index contributed by atoms with van der Waals surface area (Å²) >= 11 is 5.97. The molecule has 1 aromatic rings. The molecule has 4 atom stereocenters. The smallest absolute Gasteiger partial charge is 0.198 e. The third-order valence-corrected chi connectivity index (χ3v) is 4.39. The first-order valence-electron chi connectivity index (χ1n) is 7.85. The number of halogens is 1. The predicted octanol–water partition coefficient (Wildman–Crippen LogP) is 3.88.